The highest BCUT2D eigenvalue weighted by molar-refractivity contribution is 5.95. The fourth-order valence-electron chi connectivity index (χ4n) is 5.52. The summed E-state index contributed by atoms with van der Waals surface area (Å²) in [5.74, 6) is 0. The topological polar surface area (TPSA) is 12.0 Å². The molecule has 2 aliphatic carbocycles. The van der Waals surface area contributed by atoms with Crippen LogP contribution in [0.4, 0.5) is 5.69 Å². The first-order chi connectivity index (χ1) is 13.8. The molecule has 0 unspecified atom stereocenters. The van der Waals surface area contributed by atoms with Crippen LogP contribution in [-0.4, -0.2) is 7.05 Å². The van der Waals surface area contributed by atoms with E-state index in [2.05, 4.69) is 97.2 Å². The van der Waals surface area contributed by atoms with Gasteiger partial charge in [-0.3, -0.25) is 0 Å². The average Bonchev–Trinajstić information content (AvgIpc) is 3.20. The standard InChI is InChI=1S/C27H21N/c1-17-15-21-20-11-5-8-14-24(20)27(25(21)16-26(17)28-2)22-12-6-3-9-18(22)19-10-4-7-13-23(19)27/h3-16,28H,1-2H3. The van der Waals surface area contributed by atoms with Gasteiger partial charge in [0.25, 0.3) is 0 Å². The largest absolute Gasteiger partial charge is 0.388 e. The van der Waals surface area contributed by atoms with E-state index in [9.17, 15) is 0 Å². The van der Waals surface area contributed by atoms with E-state index >= 15 is 0 Å². The van der Waals surface area contributed by atoms with E-state index in [0.717, 1.165) is 0 Å². The SMILES string of the molecule is CNc1cc2c(cc1C)-c1ccccc1C21c2ccccc2-c2ccccc21. The lowest BCUT2D eigenvalue weighted by Gasteiger charge is -2.30. The third-order valence-corrected chi connectivity index (χ3v) is 6.61. The van der Waals surface area contributed by atoms with Crippen molar-refractivity contribution in [1.29, 1.82) is 0 Å². The van der Waals surface area contributed by atoms with Gasteiger partial charge in [0.1, 0.15) is 0 Å². The molecule has 0 saturated carbocycles. The van der Waals surface area contributed by atoms with Crippen molar-refractivity contribution in [3.8, 4) is 22.3 Å². The second-order valence-corrected chi connectivity index (χ2v) is 7.85. The molecule has 0 radical (unpaired) electrons. The highest BCUT2D eigenvalue weighted by Gasteiger charge is 2.51. The Kier molecular flexibility index (Phi) is 3.01. The first kappa shape index (κ1) is 15.7. The van der Waals surface area contributed by atoms with Crippen LogP contribution in [0, 0.1) is 6.92 Å². The van der Waals surface area contributed by atoms with Crippen LogP contribution in [0.1, 0.15) is 27.8 Å². The smallest absolute Gasteiger partial charge is 0.0726 e. The highest BCUT2D eigenvalue weighted by atomic mass is 14.8. The molecule has 28 heavy (non-hydrogen) atoms. The van der Waals surface area contributed by atoms with Crippen molar-refractivity contribution in [3.05, 3.63) is 113 Å². The summed E-state index contributed by atoms with van der Waals surface area (Å²) in [7, 11) is 2.01. The zero-order valence-corrected chi connectivity index (χ0v) is 16.1. The fourth-order valence-corrected chi connectivity index (χ4v) is 5.52. The zero-order chi connectivity index (χ0) is 18.9. The van der Waals surface area contributed by atoms with Gasteiger partial charge in [-0.05, 0) is 69.1 Å². The summed E-state index contributed by atoms with van der Waals surface area (Å²) in [4.78, 5) is 0. The van der Waals surface area contributed by atoms with E-state index in [4.69, 9.17) is 0 Å². The van der Waals surface area contributed by atoms with Crippen LogP contribution in [-0.2, 0) is 5.41 Å². The number of aryl methyl sites for hydroxylation is 1. The molecule has 0 aromatic heterocycles. The molecule has 1 nitrogen and oxygen atoms in total. The minimum Gasteiger partial charge on any atom is -0.388 e. The Bertz CT molecular complexity index is 1220. The molecule has 4 aromatic carbocycles. The summed E-state index contributed by atoms with van der Waals surface area (Å²) >= 11 is 0. The third-order valence-electron chi connectivity index (χ3n) is 6.61. The first-order valence-corrected chi connectivity index (χ1v) is 9.89. The number of hydrogen-bond acceptors (Lipinski definition) is 1. The van der Waals surface area contributed by atoms with Gasteiger partial charge in [0.15, 0.2) is 0 Å². The molecule has 0 atom stereocenters. The highest BCUT2D eigenvalue weighted by Crippen LogP contribution is 2.63. The van der Waals surface area contributed by atoms with Gasteiger partial charge in [-0.25, -0.2) is 0 Å². The van der Waals surface area contributed by atoms with Crippen molar-refractivity contribution >= 4 is 5.69 Å². The number of rotatable bonds is 1. The van der Waals surface area contributed by atoms with Crippen LogP contribution in [0.2, 0.25) is 0 Å². The van der Waals surface area contributed by atoms with Crippen molar-refractivity contribution in [2.45, 2.75) is 12.3 Å². The normalized spacial score (nSPS) is 14.4. The van der Waals surface area contributed by atoms with Gasteiger partial charge < -0.3 is 5.32 Å². The lowest BCUT2D eigenvalue weighted by Crippen LogP contribution is -2.26. The quantitative estimate of drug-likeness (QED) is 0.359. The van der Waals surface area contributed by atoms with Crippen LogP contribution in [0.25, 0.3) is 22.3 Å². The number of fused-ring (bicyclic) bond motifs is 10. The Morgan fingerprint density at radius 1 is 0.571 bits per heavy atom. The van der Waals surface area contributed by atoms with Gasteiger partial charge in [0.2, 0.25) is 0 Å². The summed E-state index contributed by atoms with van der Waals surface area (Å²) in [6, 6.07) is 31.6. The second-order valence-electron chi connectivity index (χ2n) is 7.85. The van der Waals surface area contributed by atoms with Gasteiger partial charge >= 0.3 is 0 Å². The van der Waals surface area contributed by atoms with Gasteiger partial charge in [-0.1, -0.05) is 72.8 Å². The fraction of sp³-hybridized carbons (Fsp3) is 0.111. The maximum Gasteiger partial charge on any atom is 0.0726 e. The van der Waals surface area contributed by atoms with Crippen molar-refractivity contribution < 1.29 is 0 Å². The first-order valence-electron chi connectivity index (χ1n) is 9.89. The van der Waals surface area contributed by atoms with Gasteiger partial charge in [-0.2, -0.15) is 0 Å². The summed E-state index contributed by atoms with van der Waals surface area (Å²) in [5, 5.41) is 3.41. The van der Waals surface area contributed by atoms with E-state index in [-0.39, 0.29) is 5.41 Å². The number of hydrogen-bond donors (Lipinski definition) is 1. The Balaban J connectivity index is 1.85. The second kappa shape index (κ2) is 5.36. The predicted molar refractivity (Wildman–Crippen MR) is 117 cm³/mol. The van der Waals surface area contributed by atoms with Crippen LogP contribution in [0.3, 0.4) is 0 Å². The molecule has 2 aliphatic rings. The van der Waals surface area contributed by atoms with E-state index in [0.29, 0.717) is 0 Å². The monoisotopic (exact) mass is 359 g/mol. The number of nitrogens with one attached hydrogen (secondary N) is 1. The van der Waals surface area contributed by atoms with Gasteiger partial charge in [0, 0.05) is 12.7 Å². The molecule has 0 bridgehead atoms. The molecule has 1 N–H and O–H groups in total. The summed E-state index contributed by atoms with van der Waals surface area (Å²) in [5.41, 5.74) is 13.3. The minimum absolute atomic E-state index is 0.238. The Labute approximate surface area is 165 Å². The number of benzene rings is 4. The van der Waals surface area contributed by atoms with Crippen LogP contribution < -0.4 is 5.32 Å². The van der Waals surface area contributed by atoms with Gasteiger partial charge in [-0.15, -0.1) is 0 Å². The van der Waals surface area contributed by atoms with Crippen LogP contribution >= 0.6 is 0 Å². The maximum atomic E-state index is 3.41. The Morgan fingerprint density at radius 2 is 1.04 bits per heavy atom. The van der Waals surface area contributed by atoms with E-state index in [1.165, 1.54) is 55.8 Å². The Hall–Kier alpha value is -3.32. The molecule has 1 spiro atoms. The van der Waals surface area contributed by atoms with Crippen molar-refractivity contribution in [2.24, 2.45) is 0 Å². The van der Waals surface area contributed by atoms with Crippen molar-refractivity contribution in [2.75, 3.05) is 12.4 Å². The van der Waals surface area contributed by atoms with Crippen LogP contribution in [0.15, 0.2) is 84.9 Å². The molecule has 0 aliphatic heterocycles. The molecule has 0 amide bonds. The molecule has 1 heteroatoms. The summed E-state index contributed by atoms with van der Waals surface area (Å²) < 4.78 is 0. The van der Waals surface area contributed by atoms with E-state index in [1.54, 1.807) is 0 Å². The van der Waals surface area contributed by atoms with Crippen molar-refractivity contribution in [1.82, 2.24) is 0 Å². The lowest BCUT2D eigenvalue weighted by molar-refractivity contribution is 0.794. The molecule has 134 valence electrons. The molecule has 0 saturated heterocycles. The number of anilines is 1. The molecular weight excluding hydrogens is 338 g/mol. The maximum absolute atomic E-state index is 3.41. The summed E-state index contributed by atoms with van der Waals surface area (Å²) in [6.07, 6.45) is 0. The lowest BCUT2D eigenvalue weighted by atomic mass is 9.70. The third kappa shape index (κ3) is 1.68. The molecule has 4 aromatic rings. The van der Waals surface area contributed by atoms with Gasteiger partial charge in [0.05, 0.1) is 5.41 Å². The minimum atomic E-state index is -0.238. The molecule has 0 heterocycles. The predicted octanol–water partition coefficient (Wildman–Crippen LogP) is 6.38. The van der Waals surface area contributed by atoms with Crippen molar-refractivity contribution in [3.63, 3.8) is 0 Å². The molecule has 0 fully saturated rings. The zero-order valence-electron chi connectivity index (χ0n) is 16.1. The summed E-state index contributed by atoms with van der Waals surface area (Å²) in [6.45, 7) is 2.19. The van der Waals surface area contributed by atoms with Crippen LogP contribution in [0.5, 0.6) is 0 Å². The molecule has 6 rings (SSSR count). The van der Waals surface area contributed by atoms with E-state index in [1.807, 2.05) is 7.05 Å². The Morgan fingerprint density at radius 3 is 1.54 bits per heavy atom. The van der Waals surface area contributed by atoms with E-state index < -0.39 is 0 Å². The molecular formula is C27H21N. The average molecular weight is 359 g/mol.